The third-order valence-electron chi connectivity index (χ3n) is 6.32. The Balaban J connectivity index is 1.36. The predicted octanol–water partition coefficient (Wildman–Crippen LogP) is 3.32. The van der Waals surface area contributed by atoms with E-state index in [0.29, 0.717) is 42.2 Å². The molecule has 0 bridgehead atoms. The van der Waals surface area contributed by atoms with Crippen molar-refractivity contribution in [3.05, 3.63) is 77.6 Å². The smallest absolute Gasteiger partial charge is 0.255 e. The van der Waals surface area contributed by atoms with Gasteiger partial charge in [-0.1, -0.05) is 19.1 Å². The highest BCUT2D eigenvalue weighted by Gasteiger charge is 2.29. The molecule has 3 aromatic rings. The third-order valence-corrected chi connectivity index (χ3v) is 6.32. The minimum Gasteiger partial charge on any atom is -0.486 e. The van der Waals surface area contributed by atoms with Gasteiger partial charge in [-0.05, 0) is 49.0 Å². The number of rotatable bonds is 6. The lowest BCUT2D eigenvalue weighted by Crippen LogP contribution is -2.44. The Bertz CT molecular complexity index is 1270. The Kier molecular flexibility index (Phi) is 6.73. The topological polar surface area (TPSA) is 102 Å². The van der Waals surface area contributed by atoms with Crippen LogP contribution in [0.4, 0.5) is 5.69 Å². The Morgan fingerprint density at radius 2 is 1.94 bits per heavy atom. The summed E-state index contributed by atoms with van der Waals surface area (Å²) >= 11 is 0. The van der Waals surface area contributed by atoms with Gasteiger partial charge in [-0.3, -0.25) is 19.5 Å². The van der Waals surface area contributed by atoms with Crippen LogP contribution < -0.4 is 24.8 Å². The molecule has 3 heterocycles. The van der Waals surface area contributed by atoms with Crippen LogP contribution in [0.3, 0.4) is 0 Å². The summed E-state index contributed by atoms with van der Waals surface area (Å²) in [5.41, 5.74) is 2.39. The molecule has 0 saturated carbocycles. The Morgan fingerprint density at radius 3 is 2.78 bits per heavy atom. The summed E-state index contributed by atoms with van der Waals surface area (Å²) in [5.74, 6) is 1.37. The average Bonchev–Trinajstić information content (AvgIpc) is 3.35. The van der Waals surface area contributed by atoms with Gasteiger partial charge >= 0.3 is 0 Å². The number of amides is 2. The first-order valence-corrected chi connectivity index (χ1v) is 11.8. The van der Waals surface area contributed by atoms with E-state index >= 15 is 0 Å². The SMILES string of the molecule is CC1CNC(=O)c2cccc(NC(=O)c3ccncc3)c2OC1CN(C)Cc1ccc2c(c1)OCO2. The Hall–Kier alpha value is -4.11. The van der Waals surface area contributed by atoms with Crippen LogP contribution >= 0.6 is 0 Å². The van der Waals surface area contributed by atoms with Crippen LogP contribution in [0.5, 0.6) is 17.2 Å². The van der Waals surface area contributed by atoms with Gasteiger partial charge in [-0.2, -0.15) is 0 Å². The van der Waals surface area contributed by atoms with Crippen LogP contribution in [-0.2, 0) is 6.54 Å². The van der Waals surface area contributed by atoms with Gasteiger partial charge in [-0.15, -0.1) is 0 Å². The van der Waals surface area contributed by atoms with Crippen molar-refractivity contribution >= 4 is 17.5 Å². The first-order valence-electron chi connectivity index (χ1n) is 11.8. The maximum Gasteiger partial charge on any atom is 0.255 e. The van der Waals surface area contributed by atoms with Crippen molar-refractivity contribution < 1.29 is 23.8 Å². The Labute approximate surface area is 209 Å². The molecule has 1 aromatic heterocycles. The minimum absolute atomic E-state index is 0.0326. The number of hydrogen-bond acceptors (Lipinski definition) is 7. The predicted molar refractivity (Wildman–Crippen MR) is 133 cm³/mol. The molecule has 2 unspecified atom stereocenters. The highest BCUT2D eigenvalue weighted by atomic mass is 16.7. The molecule has 5 rings (SSSR count). The van der Waals surface area contributed by atoms with E-state index in [9.17, 15) is 9.59 Å². The summed E-state index contributed by atoms with van der Waals surface area (Å²) in [6, 6.07) is 14.4. The lowest BCUT2D eigenvalue weighted by Gasteiger charge is -2.32. The van der Waals surface area contributed by atoms with Gasteiger partial charge in [0, 0.05) is 43.5 Å². The number of likely N-dealkylation sites (N-methyl/N-ethyl adjacent to an activating group) is 1. The molecule has 9 heteroatoms. The molecule has 2 aromatic carbocycles. The second-order valence-corrected chi connectivity index (χ2v) is 9.10. The van der Waals surface area contributed by atoms with E-state index in [1.165, 1.54) is 0 Å². The summed E-state index contributed by atoms with van der Waals surface area (Å²) in [6.07, 6.45) is 2.88. The summed E-state index contributed by atoms with van der Waals surface area (Å²) in [7, 11) is 2.02. The van der Waals surface area contributed by atoms with E-state index in [2.05, 4.69) is 20.5 Å². The van der Waals surface area contributed by atoms with E-state index in [-0.39, 0.29) is 30.6 Å². The number of ether oxygens (including phenoxy) is 3. The van der Waals surface area contributed by atoms with Gasteiger partial charge in [-0.25, -0.2) is 0 Å². The van der Waals surface area contributed by atoms with E-state index in [1.807, 2.05) is 32.2 Å². The highest BCUT2D eigenvalue weighted by molar-refractivity contribution is 6.07. The summed E-state index contributed by atoms with van der Waals surface area (Å²) in [4.78, 5) is 31.8. The van der Waals surface area contributed by atoms with Gasteiger partial charge in [0.1, 0.15) is 6.10 Å². The molecule has 0 spiro atoms. The Morgan fingerprint density at radius 1 is 1.14 bits per heavy atom. The number of benzene rings is 2. The standard InChI is InChI=1S/C27H28N4O5/c1-17-13-29-27(33)20-4-3-5-21(30-26(32)19-8-10-28-11-9-19)25(20)36-24(17)15-31(2)14-18-6-7-22-23(12-18)35-16-34-22/h3-12,17,24H,13-16H2,1-2H3,(H,29,33)(H,30,32). The van der Waals surface area contributed by atoms with Crippen molar-refractivity contribution in [2.45, 2.75) is 19.6 Å². The fourth-order valence-electron chi connectivity index (χ4n) is 4.33. The van der Waals surface area contributed by atoms with E-state index in [0.717, 1.165) is 17.1 Å². The monoisotopic (exact) mass is 488 g/mol. The molecular formula is C27H28N4O5. The number of fused-ring (bicyclic) bond motifs is 2. The molecule has 9 nitrogen and oxygen atoms in total. The zero-order valence-corrected chi connectivity index (χ0v) is 20.2. The minimum atomic E-state index is -0.304. The van der Waals surface area contributed by atoms with Crippen LogP contribution in [0.15, 0.2) is 60.9 Å². The first-order chi connectivity index (χ1) is 17.5. The van der Waals surface area contributed by atoms with Crippen LogP contribution in [0, 0.1) is 5.92 Å². The lowest BCUT2D eigenvalue weighted by atomic mass is 10.0. The number of nitrogens with one attached hydrogen (secondary N) is 2. The van der Waals surface area contributed by atoms with Gasteiger partial charge in [0.25, 0.3) is 11.8 Å². The molecule has 0 radical (unpaired) electrons. The number of para-hydroxylation sites is 1. The second kappa shape index (κ2) is 10.2. The number of hydrogen-bond donors (Lipinski definition) is 2. The maximum atomic E-state index is 12.8. The number of aromatic nitrogens is 1. The van der Waals surface area contributed by atoms with Crippen molar-refractivity contribution in [1.82, 2.24) is 15.2 Å². The number of anilines is 1. The molecule has 0 aliphatic carbocycles. The first kappa shape index (κ1) is 23.6. The molecule has 0 fully saturated rings. The third kappa shape index (κ3) is 5.11. The van der Waals surface area contributed by atoms with Crippen molar-refractivity contribution in [1.29, 1.82) is 0 Å². The van der Waals surface area contributed by atoms with Gasteiger partial charge in [0.2, 0.25) is 6.79 Å². The van der Waals surface area contributed by atoms with E-state index in [4.69, 9.17) is 14.2 Å². The number of carbonyl (C=O) groups is 2. The van der Waals surface area contributed by atoms with Crippen LogP contribution in [0.2, 0.25) is 0 Å². The number of pyridine rings is 1. The van der Waals surface area contributed by atoms with Crippen molar-refractivity contribution in [2.75, 3.05) is 32.2 Å². The van der Waals surface area contributed by atoms with Gasteiger partial charge in [0.15, 0.2) is 17.2 Å². The molecule has 2 aliphatic heterocycles. The van der Waals surface area contributed by atoms with E-state index in [1.54, 1.807) is 42.7 Å². The molecule has 36 heavy (non-hydrogen) atoms. The number of carbonyl (C=O) groups excluding carboxylic acids is 2. The van der Waals surface area contributed by atoms with Crippen LogP contribution in [0.1, 0.15) is 33.2 Å². The summed E-state index contributed by atoms with van der Waals surface area (Å²) < 4.78 is 17.4. The lowest BCUT2D eigenvalue weighted by molar-refractivity contribution is 0.0777. The molecule has 2 atom stereocenters. The second-order valence-electron chi connectivity index (χ2n) is 9.10. The summed E-state index contributed by atoms with van der Waals surface area (Å²) in [6.45, 7) is 4.06. The van der Waals surface area contributed by atoms with Crippen LogP contribution in [-0.4, -0.2) is 54.7 Å². The van der Waals surface area contributed by atoms with Crippen molar-refractivity contribution in [3.8, 4) is 17.2 Å². The van der Waals surface area contributed by atoms with E-state index < -0.39 is 0 Å². The fourth-order valence-corrected chi connectivity index (χ4v) is 4.33. The average molecular weight is 489 g/mol. The zero-order chi connectivity index (χ0) is 25.1. The molecule has 2 N–H and O–H groups in total. The van der Waals surface area contributed by atoms with Crippen LogP contribution in [0.25, 0.3) is 0 Å². The number of nitrogens with zero attached hydrogens (tertiary/aromatic N) is 2. The molecule has 0 saturated heterocycles. The quantitative estimate of drug-likeness (QED) is 0.549. The largest absolute Gasteiger partial charge is 0.486 e. The molecule has 2 aliphatic rings. The van der Waals surface area contributed by atoms with Crippen molar-refractivity contribution in [2.24, 2.45) is 5.92 Å². The highest BCUT2D eigenvalue weighted by Crippen LogP contribution is 2.34. The molecular weight excluding hydrogens is 460 g/mol. The van der Waals surface area contributed by atoms with Gasteiger partial charge < -0.3 is 24.8 Å². The van der Waals surface area contributed by atoms with Gasteiger partial charge in [0.05, 0.1) is 11.3 Å². The normalized spacial score (nSPS) is 18.5. The fraction of sp³-hybridized carbons (Fsp3) is 0.296. The molecule has 186 valence electrons. The van der Waals surface area contributed by atoms with Crippen molar-refractivity contribution in [3.63, 3.8) is 0 Å². The maximum absolute atomic E-state index is 12.8. The summed E-state index contributed by atoms with van der Waals surface area (Å²) in [5, 5.41) is 5.89. The molecule has 2 amide bonds. The zero-order valence-electron chi connectivity index (χ0n) is 20.2.